The van der Waals surface area contributed by atoms with Crippen LogP contribution in [0.5, 0.6) is 0 Å². The summed E-state index contributed by atoms with van der Waals surface area (Å²) in [6.45, 7) is 6.82. The van der Waals surface area contributed by atoms with E-state index in [1.807, 2.05) is 0 Å². The van der Waals surface area contributed by atoms with Crippen LogP contribution in [0, 0.1) is 13.8 Å². The van der Waals surface area contributed by atoms with Gasteiger partial charge in [-0.15, -0.1) is 0 Å². The molecule has 98 valence electrons. The Bertz CT molecular complexity index is 415. The standard InChI is InChI=1S/C16H24N2/c1-12-3-4-13(2)16(11-12)18-9-7-15(8-10-18)17-14-5-6-14/h3-4,11,14-15,17H,5-10H2,1-2H3. The van der Waals surface area contributed by atoms with Crippen LogP contribution in [0.15, 0.2) is 18.2 Å². The van der Waals surface area contributed by atoms with Crippen molar-refractivity contribution < 1.29 is 0 Å². The molecule has 0 spiro atoms. The van der Waals surface area contributed by atoms with Crippen molar-refractivity contribution in [1.82, 2.24) is 5.32 Å². The van der Waals surface area contributed by atoms with Crippen molar-refractivity contribution in [3.05, 3.63) is 29.3 Å². The molecule has 2 aliphatic rings. The lowest BCUT2D eigenvalue weighted by Crippen LogP contribution is -2.43. The molecule has 2 heteroatoms. The third kappa shape index (κ3) is 2.69. The van der Waals surface area contributed by atoms with Gasteiger partial charge < -0.3 is 10.2 Å². The molecule has 2 fully saturated rings. The monoisotopic (exact) mass is 244 g/mol. The summed E-state index contributed by atoms with van der Waals surface area (Å²) in [7, 11) is 0. The van der Waals surface area contributed by atoms with Gasteiger partial charge in [0.1, 0.15) is 0 Å². The second-order valence-corrected chi connectivity index (χ2v) is 5.99. The summed E-state index contributed by atoms with van der Waals surface area (Å²) in [6, 6.07) is 8.41. The molecular weight excluding hydrogens is 220 g/mol. The van der Waals surface area contributed by atoms with Crippen molar-refractivity contribution in [2.24, 2.45) is 0 Å². The molecule has 2 nitrogen and oxygen atoms in total. The van der Waals surface area contributed by atoms with Gasteiger partial charge in [0.2, 0.25) is 0 Å². The molecule has 1 aliphatic carbocycles. The number of piperidine rings is 1. The topological polar surface area (TPSA) is 15.3 Å². The van der Waals surface area contributed by atoms with Gasteiger partial charge in [-0.2, -0.15) is 0 Å². The van der Waals surface area contributed by atoms with Crippen LogP contribution in [0.4, 0.5) is 5.69 Å². The molecule has 0 radical (unpaired) electrons. The van der Waals surface area contributed by atoms with Gasteiger partial charge in [-0.1, -0.05) is 12.1 Å². The van der Waals surface area contributed by atoms with E-state index in [1.54, 1.807) is 0 Å². The number of benzene rings is 1. The van der Waals surface area contributed by atoms with Crippen LogP contribution in [-0.2, 0) is 0 Å². The summed E-state index contributed by atoms with van der Waals surface area (Å²) >= 11 is 0. The molecule has 1 aromatic rings. The average molecular weight is 244 g/mol. The Morgan fingerprint density at radius 1 is 1.00 bits per heavy atom. The molecule has 1 saturated carbocycles. The predicted molar refractivity (Wildman–Crippen MR) is 77.3 cm³/mol. The summed E-state index contributed by atoms with van der Waals surface area (Å²) in [5.74, 6) is 0. The quantitative estimate of drug-likeness (QED) is 0.879. The van der Waals surface area contributed by atoms with Gasteiger partial charge in [0, 0.05) is 30.9 Å². The normalized spacial score (nSPS) is 21.3. The Morgan fingerprint density at radius 3 is 2.33 bits per heavy atom. The Labute approximate surface area is 110 Å². The highest BCUT2D eigenvalue weighted by molar-refractivity contribution is 5.55. The van der Waals surface area contributed by atoms with Crippen molar-refractivity contribution in [3.8, 4) is 0 Å². The fraction of sp³-hybridized carbons (Fsp3) is 0.625. The molecule has 0 atom stereocenters. The minimum Gasteiger partial charge on any atom is -0.371 e. The lowest BCUT2D eigenvalue weighted by Gasteiger charge is -2.35. The number of aryl methyl sites for hydroxylation is 2. The summed E-state index contributed by atoms with van der Waals surface area (Å²) in [4.78, 5) is 2.56. The first-order valence-corrected chi connectivity index (χ1v) is 7.30. The third-order valence-electron chi connectivity index (χ3n) is 4.25. The number of hydrogen-bond donors (Lipinski definition) is 1. The highest BCUT2D eigenvalue weighted by atomic mass is 15.2. The average Bonchev–Trinajstić information content (AvgIpc) is 3.17. The molecule has 0 unspecified atom stereocenters. The zero-order valence-electron chi connectivity index (χ0n) is 11.6. The summed E-state index contributed by atoms with van der Waals surface area (Å²) in [5, 5.41) is 3.76. The predicted octanol–water partition coefficient (Wildman–Crippen LogP) is 3.02. The van der Waals surface area contributed by atoms with Crippen molar-refractivity contribution in [3.63, 3.8) is 0 Å². The zero-order chi connectivity index (χ0) is 12.5. The van der Waals surface area contributed by atoms with Crippen LogP contribution in [-0.4, -0.2) is 25.2 Å². The molecular formula is C16H24N2. The molecule has 18 heavy (non-hydrogen) atoms. The summed E-state index contributed by atoms with van der Waals surface area (Å²) in [5.41, 5.74) is 4.22. The van der Waals surface area contributed by atoms with Gasteiger partial charge in [0.05, 0.1) is 0 Å². The molecule has 1 aromatic carbocycles. The van der Waals surface area contributed by atoms with Crippen molar-refractivity contribution in [2.75, 3.05) is 18.0 Å². The van der Waals surface area contributed by atoms with E-state index in [2.05, 4.69) is 42.3 Å². The van der Waals surface area contributed by atoms with Crippen LogP contribution >= 0.6 is 0 Å². The highest BCUT2D eigenvalue weighted by Gasteiger charge is 2.27. The van der Waals surface area contributed by atoms with Crippen molar-refractivity contribution >= 4 is 5.69 Å². The number of hydrogen-bond acceptors (Lipinski definition) is 2. The molecule has 0 aromatic heterocycles. The van der Waals surface area contributed by atoms with Gasteiger partial charge in [0.25, 0.3) is 0 Å². The van der Waals surface area contributed by atoms with Gasteiger partial charge in [-0.3, -0.25) is 0 Å². The number of anilines is 1. The second-order valence-electron chi connectivity index (χ2n) is 5.99. The first-order chi connectivity index (χ1) is 8.72. The smallest absolute Gasteiger partial charge is 0.0398 e. The van der Waals surface area contributed by atoms with Gasteiger partial charge in [-0.25, -0.2) is 0 Å². The first-order valence-electron chi connectivity index (χ1n) is 7.30. The van der Waals surface area contributed by atoms with Gasteiger partial charge in [-0.05, 0) is 56.7 Å². The van der Waals surface area contributed by atoms with Crippen LogP contribution in [0.25, 0.3) is 0 Å². The van der Waals surface area contributed by atoms with Crippen molar-refractivity contribution in [2.45, 2.75) is 51.6 Å². The van der Waals surface area contributed by atoms with E-state index in [1.165, 1.54) is 55.6 Å². The van der Waals surface area contributed by atoms with E-state index in [9.17, 15) is 0 Å². The molecule has 1 aliphatic heterocycles. The number of nitrogens with one attached hydrogen (secondary N) is 1. The fourth-order valence-corrected chi connectivity index (χ4v) is 2.93. The Balaban J connectivity index is 1.62. The molecule has 0 bridgehead atoms. The minimum absolute atomic E-state index is 0.763. The second kappa shape index (κ2) is 4.93. The minimum atomic E-state index is 0.763. The number of rotatable bonds is 3. The fourth-order valence-electron chi connectivity index (χ4n) is 2.93. The molecule has 1 saturated heterocycles. The first kappa shape index (κ1) is 12.0. The highest BCUT2D eigenvalue weighted by Crippen LogP contribution is 2.27. The zero-order valence-corrected chi connectivity index (χ0v) is 11.6. The van der Waals surface area contributed by atoms with E-state index < -0.39 is 0 Å². The maximum atomic E-state index is 3.76. The third-order valence-corrected chi connectivity index (χ3v) is 4.25. The van der Waals surface area contributed by atoms with E-state index in [0.29, 0.717) is 0 Å². The molecule has 1 N–H and O–H groups in total. The van der Waals surface area contributed by atoms with Crippen molar-refractivity contribution in [1.29, 1.82) is 0 Å². The van der Waals surface area contributed by atoms with Gasteiger partial charge in [0.15, 0.2) is 0 Å². The van der Waals surface area contributed by atoms with Crippen LogP contribution in [0.1, 0.15) is 36.8 Å². The van der Waals surface area contributed by atoms with E-state index in [0.717, 1.165) is 12.1 Å². The summed E-state index contributed by atoms with van der Waals surface area (Å²) in [6.07, 6.45) is 5.39. The lowest BCUT2D eigenvalue weighted by molar-refractivity contribution is 0.412. The lowest BCUT2D eigenvalue weighted by atomic mass is 10.0. The Hall–Kier alpha value is -1.02. The molecule has 1 heterocycles. The van der Waals surface area contributed by atoms with E-state index in [4.69, 9.17) is 0 Å². The van der Waals surface area contributed by atoms with Crippen LogP contribution in [0.2, 0.25) is 0 Å². The van der Waals surface area contributed by atoms with E-state index in [-0.39, 0.29) is 0 Å². The van der Waals surface area contributed by atoms with Gasteiger partial charge >= 0.3 is 0 Å². The maximum absolute atomic E-state index is 3.76. The maximum Gasteiger partial charge on any atom is 0.0398 e. The van der Waals surface area contributed by atoms with E-state index >= 15 is 0 Å². The number of nitrogens with zero attached hydrogens (tertiary/aromatic N) is 1. The Kier molecular flexibility index (Phi) is 3.29. The molecule has 3 rings (SSSR count). The summed E-state index contributed by atoms with van der Waals surface area (Å²) < 4.78 is 0. The SMILES string of the molecule is Cc1ccc(C)c(N2CCC(NC3CC3)CC2)c1. The van der Waals surface area contributed by atoms with Crippen LogP contribution in [0.3, 0.4) is 0 Å². The largest absolute Gasteiger partial charge is 0.371 e. The Morgan fingerprint density at radius 2 is 1.67 bits per heavy atom. The van der Waals surface area contributed by atoms with Crippen LogP contribution < -0.4 is 10.2 Å². The molecule has 0 amide bonds.